The highest BCUT2D eigenvalue weighted by molar-refractivity contribution is 5.77. The summed E-state index contributed by atoms with van der Waals surface area (Å²) in [6.07, 6.45) is 2.17. The first kappa shape index (κ1) is 16.6. The topological polar surface area (TPSA) is 94.1 Å². The van der Waals surface area contributed by atoms with E-state index in [4.69, 9.17) is 5.11 Å². The lowest BCUT2D eigenvalue weighted by atomic mass is 9.89. The SMILES string of the molecule is O=C(CN1CCC(c2ccccc2)CC1)NCc1nc(CO)n[nH]1. The van der Waals surface area contributed by atoms with Gasteiger partial charge in [-0.25, -0.2) is 4.98 Å². The monoisotopic (exact) mass is 329 g/mol. The highest BCUT2D eigenvalue weighted by Crippen LogP contribution is 2.27. The number of carbonyl (C=O) groups excluding carboxylic acids is 1. The summed E-state index contributed by atoms with van der Waals surface area (Å²) < 4.78 is 0. The molecule has 1 aromatic heterocycles. The van der Waals surface area contributed by atoms with Crippen molar-refractivity contribution in [2.45, 2.75) is 31.9 Å². The minimum Gasteiger partial charge on any atom is -0.388 e. The van der Waals surface area contributed by atoms with E-state index in [1.165, 1.54) is 5.56 Å². The van der Waals surface area contributed by atoms with Crippen molar-refractivity contribution in [2.24, 2.45) is 0 Å². The van der Waals surface area contributed by atoms with Crippen LogP contribution in [0.15, 0.2) is 30.3 Å². The van der Waals surface area contributed by atoms with E-state index in [0.717, 1.165) is 25.9 Å². The average molecular weight is 329 g/mol. The number of carbonyl (C=O) groups is 1. The van der Waals surface area contributed by atoms with Crippen molar-refractivity contribution in [2.75, 3.05) is 19.6 Å². The molecular weight excluding hydrogens is 306 g/mol. The molecule has 0 aliphatic carbocycles. The zero-order chi connectivity index (χ0) is 16.8. The predicted molar refractivity (Wildman–Crippen MR) is 89.0 cm³/mol. The molecule has 7 heteroatoms. The van der Waals surface area contributed by atoms with Gasteiger partial charge in [0, 0.05) is 0 Å². The molecule has 0 spiro atoms. The molecule has 1 fully saturated rings. The molecule has 0 radical (unpaired) electrons. The molecular formula is C17H23N5O2. The van der Waals surface area contributed by atoms with Crippen molar-refractivity contribution < 1.29 is 9.90 Å². The number of aromatic amines is 1. The number of aliphatic hydroxyl groups excluding tert-OH is 1. The number of aliphatic hydroxyl groups is 1. The second kappa shape index (κ2) is 8.03. The molecule has 3 N–H and O–H groups in total. The Morgan fingerprint density at radius 3 is 2.71 bits per heavy atom. The summed E-state index contributed by atoms with van der Waals surface area (Å²) in [7, 11) is 0. The lowest BCUT2D eigenvalue weighted by Crippen LogP contribution is -2.41. The van der Waals surface area contributed by atoms with E-state index in [1.54, 1.807) is 0 Å². The Kier molecular flexibility index (Phi) is 5.55. The summed E-state index contributed by atoms with van der Waals surface area (Å²) >= 11 is 0. The fraction of sp³-hybridized carbons (Fsp3) is 0.471. The summed E-state index contributed by atoms with van der Waals surface area (Å²) in [6.45, 7) is 2.36. The molecule has 1 aliphatic rings. The van der Waals surface area contributed by atoms with Crippen molar-refractivity contribution in [1.82, 2.24) is 25.4 Å². The van der Waals surface area contributed by atoms with Crippen LogP contribution in [0.1, 0.15) is 36.0 Å². The van der Waals surface area contributed by atoms with Gasteiger partial charge in [0.25, 0.3) is 0 Å². The van der Waals surface area contributed by atoms with Crippen LogP contribution in [0.2, 0.25) is 0 Å². The second-order valence-electron chi connectivity index (χ2n) is 6.09. The van der Waals surface area contributed by atoms with Crippen LogP contribution in [0.3, 0.4) is 0 Å². The summed E-state index contributed by atoms with van der Waals surface area (Å²) in [4.78, 5) is 18.3. The Hall–Kier alpha value is -2.25. The number of piperidine rings is 1. The first-order valence-corrected chi connectivity index (χ1v) is 8.29. The number of rotatable bonds is 6. The molecule has 0 unspecified atom stereocenters. The maximum absolute atomic E-state index is 12.0. The van der Waals surface area contributed by atoms with E-state index >= 15 is 0 Å². The van der Waals surface area contributed by atoms with E-state index in [1.807, 2.05) is 6.07 Å². The van der Waals surface area contributed by atoms with Gasteiger partial charge in [0.1, 0.15) is 12.4 Å². The zero-order valence-electron chi connectivity index (χ0n) is 13.6. The van der Waals surface area contributed by atoms with Crippen LogP contribution in [0, 0.1) is 0 Å². The Morgan fingerprint density at radius 2 is 2.04 bits per heavy atom. The fourth-order valence-electron chi connectivity index (χ4n) is 3.08. The fourth-order valence-corrected chi connectivity index (χ4v) is 3.08. The Balaban J connectivity index is 1.40. The van der Waals surface area contributed by atoms with Gasteiger partial charge < -0.3 is 10.4 Å². The molecule has 2 aromatic rings. The average Bonchev–Trinajstić information content (AvgIpc) is 3.10. The van der Waals surface area contributed by atoms with Crippen LogP contribution in [0.25, 0.3) is 0 Å². The summed E-state index contributed by atoms with van der Waals surface area (Å²) in [6, 6.07) is 10.6. The quantitative estimate of drug-likeness (QED) is 0.728. The van der Waals surface area contributed by atoms with Crippen LogP contribution >= 0.6 is 0 Å². The molecule has 128 valence electrons. The second-order valence-corrected chi connectivity index (χ2v) is 6.09. The van der Waals surface area contributed by atoms with Crippen molar-refractivity contribution in [3.8, 4) is 0 Å². The highest BCUT2D eigenvalue weighted by atomic mass is 16.3. The van der Waals surface area contributed by atoms with Gasteiger partial charge in [-0.2, -0.15) is 5.10 Å². The third-order valence-electron chi connectivity index (χ3n) is 4.40. The number of amides is 1. The highest BCUT2D eigenvalue weighted by Gasteiger charge is 2.21. The van der Waals surface area contributed by atoms with Crippen molar-refractivity contribution in [1.29, 1.82) is 0 Å². The first-order valence-electron chi connectivity index (χ1n) is 8.29. The number of likely N-dealkylation sites (tertiary alicyclic amines) is 1. The van der Waals surface area contributed by atoms with Gasteiger partial charge in [0.05, 0.1) is 13.1 Å². The van der Waals surface area contributed by atoms with E-state index < -0.39 is 0 Å². The van der Waals surface area contributed by atoms with Gasteiger partial charge in [-0.1, -0.05) is 30.3 Å². The number of aromatic nitrogens is 3. The molecule has 1 aliphatic heterocycles. The summed E-state index contributed by atoms with van der Waals surface area (Å²) in [5, 5.41) is 18.2. The van der Waals surface area contributed by atoms with Crippen molar-refractivity contribution >= 4 is 5.91 Å². The largest absolute Gasteiger partial charge is 0.388 e. The Labute approximate surface area is 141 Å². The molecule has 24 heavy (non-hydrogen) atoms. The van der Waals surface area contributed by atoms with Gasteiger partial charge in [-0.3, -0.25) is 14.8 Å². The third-order valence-corrected chi connectivity index (χ3v) is 4.40. The van der Waals surface area contributed by atoms with Gasteiger partial charge in [0.15, 0.2) is 5.82 Å². The summed E-state index contributed by atoms with van der Waals surface area (Å²) in [5.41, 5.74) is 1.40. The van der Waals surface area contributed by atoms with Gasteiger partial charge in [0.2, 0.25) is 5.91 Å². The van der Waals surface area contributed by atoms with Crippen molar-refractivity contribution in [3.63, 3.8) is 0 Å². The van der Waals surface area contributed by atoms with E-state index in [-0.39, 0.29) is 12.5 Å². The van der Waals surface area contributed by atoms with Crippen LogP contribution in [0.5, 0.6) is 0 Å². The third kappa shape index (κ3) is 4.39. The molecule has 3 rings (SSSR count). The smallest absolute Gasteiger partial charge is 0.234 e. The number of nitrogens with one attached hydrogen (secondary N) is 2. The van der Waals surface area contributed by atoms with Gasteiger partial charge >= 0.3 is 0 Å². The lowest BCUT2D eigenvalue weighted by molar-refractivity contribution is -0.122. The number of hydrogen-bond acceptors (Lipinski definition) is 5. The van der Waals surface area contributed by atoms with Crippen LogP contribution in [-0.2, 0) is 17.9 Å². The van der Waals surface area contributed by atoms with E-state index in [2.05, 4.69) is 49.7 Å². The minimum atomic E-state index is -0.208. The normalized spacial score (nSPS) is 16.2. The number of benzene rings is 1. The molecule has 1 aromatic carbocycles. The lowest BCUT2D eigenvalue weighted by Gasteiger charge is -2.31. The van der Waals surface area contributed by atoms with E-state index in [0.29, 0.717) is 30.7 Å². The van der Waals surface area contributed by atoms with Gasteiger partial charge in [-0.15, -0.1) is 0 Å². The van der Waals surface area contributed by atoms with Gasteiger partial charge in [-0.05, 0) is 37.4 Å². The maximum Gasteiger partial charge on any atom is 0.234 e. The van der Waals surface area contributed by atoms with Crippen molar-refractivity contribution in [3.05, 3.63) is 47.5 Å². The molecule has 7 nitrogen and oxygen atoms in total. The molecule has 0 bridgehead atoms. The first-order chi connectivity index (χ1) is 11.7. The van der Waals surface area contributed by atoms with Crippen LogP contribution in [0.4, 0.5) is 0 Å². The molecule has 1 amide bonds. The molecule has 1 saturated heterocycles. The zero-order valence-corrected chi connectivity index (χ0v) is 13.6. The number of nitrogens with zero attached hydrogens (tertiary/aromatic N) is 3. The minimum absolute atomic E-state index is 0.0184. The standard InChI is InChI=1S/C17H23N5O2/c23-12-16-19-15(20-21-16)10-18-17(24)11-22-8-6-14(7-9-22)13-4-2-1-3-5-13/h1-5,14,23H,6-12H2,(H,18,24)(H,19,20,21). The molecule has 0 atom stereocenters. The number of H-pyrrole nitrogens is 1. The van der Waals surface area contributed by atoms with E-state index in [9.17, 15) is 4.79 Å². The predicted octanol–water partition coefficient (Wildman–Crippen LogP) is 0.793. The summed E-state index contributed by atoms with van der Waals surface area (Å²) in [5.74, 6) is 1.46. The number of hydrogen-bond donors (Lipinski definition) is 3. The maximum atomic E-state index is 12.0. The molecule has 0 saturated carbocycles. The molecule has 2 heterocycles. The van der Waals surface area contributed by atoms with Crippen LogP contribution < -0.4 is 5.32 Å². The Morgan fingerprint density at radius 1 is 1.29 bits per heavy atom. The van der Waals surface area contributed by atoms with Crippen LogP contribution in [-0.4, -0.2) is 50.7 Å². The Bertz CT molecular complexity index is 650.